The number of primary amides is 1. The zero-order valence-corrected chi connectivity index (χ0v) is 13.3. The van der Waals surface area contributed by atoms with Crippen LogP contribution in [0.15, 0.2) is 48.5 Å². The standard InChI is InChI=1S/C16H15ClN4O3/c17-13-4-2-1-3-12(13)15(23)21-20-14(22)11-7-5-10(6-8-11)9-19-16(18)24/h1-8H,9H2,(H,20,22)(H,21,23)(H3,18,19,24). The molecule has 0 atom stereocenters. The molecule has 0 saturated heterocycles. The van der Waals surface area contributed by atoms with Crippen LogP contribution in [0.2, 0.25) is 5.02 Å². The monoisotopic (exact) mass is 346 g/mol. The average Bonchev–Trinajstić information content (AvgIpc) is 2.58. The lowest BCUT2D eigenvalue weighted by molar-refractivity contribution is 0.0846. The Morgan fingerprint density at radius 1 is 0.917 bits per heavy atom. The summed E-state index contributed by atoms with van der Waals surface area (Å²) in [4.78, 5) is 34.6. The van der Waals surface area contributed by atoms with Gasteiger partial charge in [0.1, 0.15) is 0 Å². The van der Waals surface area contributed by atoms with E-state index in [9.17, 15) is 14.4 Å². The van der Waals surface area contributed by atoms with E-state index in [1.165, 1.54) is 0 Å². The van der Waals surface area contributed by atoms with Crippen LogP contribution >= 0.6 is 11.6 Å². The second kappa shape index (κ2) is 7.98. The lowest BCUT2D eigenvalue weighted by Crippen LogP contribution is -2.41. The van der Waals surface area contributed by atoms with Gasteiger partial charge in [-0.25, -0.2) is 4.79 Å². The molecule has 0 aliphatic rings. The first kappa shape index (κ1) is 17.3. The zero-order chi connectivity index (χ0) is 17.5. The molecule has 0 fully saturated rings. The third-order valence-corrected chi connectivity index (χ3v) is 3.42. The summed E-state index contributed by atoms with van der Waals surface area (Å²) in [5.74, 6) is -0.999. The first-order chi connectivity index (χ1) is 11.5. The molecule has 0 heterocycles. The topological polar surface area (TPSA) is 113 Å². The molecule has 2 aromatic rings. The third-order valence-electron chi connectivity index (χ3n) is 3.09. The summed E-state index contributed by atoms with van der Waals surface area (Å²) in [6.07, 6.45) is 0. The molecule has 5 N–H and O–H groups in total. The van der Waals surface area contributed by atoms with Crippen molar-refractivity contribution in [2.45, 2.75) is 6.54 Å². The number of hydrazine groups is 1. The third kappa shape index (κ3) is 4.72. The fourth-order valence-electron chi connectivity index (χ4n) is 1.86. The van der Waals surface area contributed by atoms with Crippen molar-refractivity contribution >= 4 is 29.4 Å². The molecule has 8 heteroatoms. The van der Waals surface area contributed by atoms with Crippen molar-refractivity contribution in [3.05, 3.63) is 70.2 Å². The smallest absolute Gasteiger partial charge is 0.312 e. The maximum atomic E-state index is 12.0. The largest absolute Gasteiger partial charge is 0.352 e. The normalized spacial score (nSPS) is 9.88. The van der Waals surface area contributed by atoms with E-state index in [0.717, 1.165) is 5.56 Å². The summed E-state index contributed by atoms with van der Waals surface area (Å²) in [6, 6.07) is 12.3. The van der Waals surface area contributed by atoms with Crippen molar-refractivity contribution in [2.75, 3.05) is 0 Å². The SMILES string of the molecule is NC(=O)NCc1ccc(C(=O)NNC(=O)c2ccccc2Cl)cc1. The molecule has 0 unspecified atom stereocenters. The van der Waals surface area contributed by atoms with Crippen molar-refractivity contribution in [1.82, 2.24) is 16.2 Å². The van der Waals surface area contributed by atoms with E-state index in [4.69, 9.17) is 17.3 Å². The Morgan fingerprint density at radius 3 is 2.17 bits per heavy atom. The highest BCUT2D eigenvalue weighted by molar-refractivity contribution is 6.33. The number of nitrogens with one attached hydrogen (secondary N) is 3. The molecule has 0 radical (unpaired) electrons. The molecule has 0 spiro atoms. The van der Waals surface area contributed by atoms with Crippen LogP contribution in [0.4, 0.5) is 4.79 Å². The molecule has 2 rings (SSSR count). The van der Waals surface area contributed by atoms with Crippen LogP contribution in [0.5, 0.6) is 0 Å². The lowest BCUT2D eigenvalue weighted by Gasteiger charge is -2.09. The first-order valence-corrected chi connectivity index (χ1v) is 7.32. The Bertz CT molecular complexity index is 762. The number of halogens is 1. The van der Waals surface area contributed by atoms with Crippen LogP contribution in [0.25, 0.3) is 0 Å². The van der Waals surface area contributed by atoms with Crippen LogP contribution in [-0.4, -0.2) is 17.8 Å². The lowest BCUT2D eigenvalue weighted by atomic mass is 10.1. The van der Waals surface area contributed by atoms with E-state index >= 15 is 0 Å². The van der Waals surface area contributed by atoms with Gasteiger partial charge in [0.05, 0.1) is 10.6 Å². The molecular formula is C16H15ClN4O3. The highest BCUT2D eigenvalue weighted by atomic mass is 35.5. The van der Waals surface area contributed by atoms with E-state index in [-0.39, 0.29) is 17.1 Å². The van der Waals surface area contributed by atoms with E-state index in [2.05, 4.69) is 16.2 Å². The Hall–Kier alpha value is -3.06. The Balaban J connectivity index is 1.91. The Labute approximate surface area is 143 Å². The van der Waals surface area contributed by atoms with Gasteiger partial charge in [-0.05, 0) is 29.8 Å². The summed E-state index contributed by atoms with van der Waals surface area (Å²) in [6.45, 7) is 0.264. The fraction of sp³-hybridized carbons (Fsp3) is 0.0625. The van der Waals surface area contributed by atoms with Gasteiger partial charge in [0.25, 0.3) is 11.8 Å². The maximum Gasteiger partial charge on any atom is 0.312 e. The van der Waals surface area contributed by atoms with Gasteiger partial charge in [-0.1, -0.05) is 35.9 Å². The summed E-state index contributed by atoms with van der Waals surface area (Å²) in [5.41, 5.74) is 11.0. The molecule has 2 aromatic carbocycles. The predicted octanol–water partition coefficient (Wildman–Crippen LogP) is 1.58. The molecule has 0 bridgehead atoms. The molecule has 0 aliphatic carbocycles. The minimum Gasteiger partial charge on any atom is -0.352 e. The van der Waals surface area contributed by atoms with Crippen molar-refractivity contribution < 1.29 is 14.4 Å². The van der Waals surface area contributed by atoms with Gasteiger partial charge < -0.3 is 11.1 Å². The second-order valence-electron chi connectivity index (χ2n) is 4.80. The number of hydrogen-bond donors (Lipinski definition) is 4. The van der Waals surface area contributed by atoms with Crippen molar-refractivity contribution in [1.29, 1.82) is 0 Å². The number of hydrogen-bond acceptors (Lipinski definition) is 3. The van der Waals surface area contributed by atoms with Crippen LogP contribution in [0.1, 0.15) is 26.3 Å². The van der Waals surface area contributed by atoms with Crippen LogP contribution < -0.4 is 21.9 Å². The van der Waals surface area contributed by atoms with Crippen LogP contribution in [0.3, 0.4) is 0 Å². The number of nitrogens with two attached hydrogens (primary N) is 1. The number of amides is 4. The quantitative estimate of drug-likeness (QED) is 0.630. The Morgan fingerprint density at radius 2 is 1.54 bits per heavy atom. The van der Waals surface area contributed by atoms with Gasteiger partial charge in [0, 0.05) is 12.1 Å². The van der Waals surface area contributed by atoms with E-state index in [1.807, 2.05) is 0 Å². The zero-order valence-electron chi connectivity index (χ0n) is 12.5. The molecular weight excluding hydrogens is 332 g/mol. The molecule has 0 aromatic heterocycles. The maximum absolute atomic E-state index is 12.0. The highest BCUT2D eigenvalue weighted by Gasteiger charge is 2.11. The summed E-state index contributed by atoms with van der Waals surface area (Å²) < 4.78 is 0. The second-order valence-corrected chi connectivity index (χ2v) is 5.21. The number of carbonyl (C=O) groups is 3. The van der Waals surface area contributed by atoms with Crippen LogP contribution in [0, 0.1) is 0 Å². The molecule has 4 amide bonds. The van der Waals surface area contributed by atoms with Gasteiger partial charge >= 0.3 is 6.03 Å². The molecule has 0 saturated carbocycles. The molecule has 24 heavy (non-hydrogen) atoms. The average molecular weight is 347 g/mol. The van der Waals surface area contributed by atoms with Crippen molar-refractivity contribution in [3.8, 4) is 0 Å². The predicted molar refractivity (Wildman–Crippen MR) is 89.2 cm³/mol. The number of urea groups is 1. The fourth-order valence-corrected chi connectivity index (χ4v) is 2.08. The Kier molecular flexibility index (Phi) is 5.75. The van der Waals surface area contributed by atoms with Crippen molar-refractivity contribution in [3.63, 3.8) is 0 Å². The number of carbonyl (C=O) groups excluding carboxylic acids is 3. The minimum absolute atomic E-state index is 0.257. The van der Waals surface area contributed by atoms with Gasteiger partial charge in [-0.15, -0.1) is 0 Å². The van der Waals surface area contributed by atoms with Gasteiger partial charge in [-0.3, -0.25) is 20.4 Å². The summed E-state index contributed by atoms with van der Waals surface area (Å²) in [7, 11) is 0. The molecule has 0 aliphatic heterocycles. The van der Waals surface area contributed by atoms with Gasteiger partial charge in [0.15, 0.2) is 0 Å². The highest BCUT2D eigenvalue weighted by Crippen LogP contribution is 2.14. The van der Waals surface area contributed by atoms with E-state index in [0.29, 0.717) is 5.56 Å². The van der Waals surface area contributed by atoms with Crippen LogP contribution in [-0.2, 0) is 6.54 Å². The van der Waals surface area contributed by atoms with Crippen molar-refractivity contribution in [2.24, 2.45) is 5.73 Å². The minimum atomic E-state index is -0.626. The molecule has 124 valence electrons. The van der Waals surface area contributed by atoms with E-state index in [1.54, 1.807) is 48.5 Å². The van der Waals surface area contributed by atoms with E-state index < -0.39 is 17.8 Å². The molecule has 7 nitrogen and oxygen atoms in total. The number of benzene rings is 2. The van der Waals surface area contributed by atoms with Gasteiger partial charge in [0.2, 0.25) is 0 Å². The summed E-state index contributed by atoms with van der Waals surface area (Å²) in [5, 5.41) is 2.73. The first-order valence-electron chi connectivity index (χ1n) is 6.95. The van der Waals surface area contributed by atoms with Gasteiger partial charge in [-0.2, -0.15) is 0 Å². The number of rotatable bonds is 4. The summed E-state index contributed by atoms with van der Waals surface area (Å²) >= 11 is 5.91.